The quantitative estimate of drug-likeness (QED) is 0.864. The summed E-state index contributed by atoms with van der Waals surface area (Å²) in [6.45, 7) is 3.09. The number of rotatable bonds is 6. The van der Waals surface area contributed by atoms with E-state index in [0.29, 0.717) is 18.7 Å². The van der Waals surface area contributed by atoms with E-state index in [4.69, 9.17) is 0 Å². The highest BCUT2D eigenvalue weighted by atomic mass is 32.2. The Hall–Kier alpha value is -0.560. The molecule has 1 aromatic rings. The lowest BCUT2D eigenvalue weighted by Gasteiger charge is -2.35. The molecule has 0 amide bonds. The van der Waals surface area contributed by atoms with Gasteiger partial charge in [0.2, 0.25) is 0 Å². The number of aliphatic hydroxyl groups is 1. The van der Waals surface area contributed by atoms with Crippen molar-refractivity contribution in [2.24, 2.45) is 0 Å². The Labute approximate surface area is 131 Å². The van der Waals surface area contributed by atoms with Gasteiger partial charge < -0.3 is 5.11 Å². The average molecular weight is 329 g/mol. The van der Waals surface area contributed by atoms with Crippen molar-refractivity contribution in [2.45, 2.75) is 24.8 Å². The Morgan fingerprint density at radius 2 is 2.10 bits per heavy atom. The molecule has 0 aromatic heterocycles. The summed E-state index contributed by atoms with van der Waals surface area (Å²) in [7, 11) is -3.06. The fraction of sp³-hybridized carbons (Fsp3) is 0.600. The molecule has 1 N–H and O–H groups in total. The molecule has 0 aliphatic carbocycles. The van der Waals surface area contributed by atoms with E-state index in [1.807, 2.05) is 35.2 Å². The van der Waals surface area contributed by atoms with E-state index in [-0.39, 0.29) is 5.75 Å². The molecule has 1 aliphatic rings. The molecule has 0 bridgehead atoms. The molecule has 2 atom stereocenters. The largest absolute Gasteiger partial charge is 0.388 e. The van der Waals surface area contributed by atoms with Gasteiger partial charge in [-0.15, -0.1) is 0 Å². The van der Waals surface area contributed by atoms with Crippen LogP contribution in [0.4, 0.5) is 0 Å². The molecular weight excluding hydrogens is 306 g/mol. The Kier molecular flexibility index (Phi) is 6.10. The molecule has 1 heterocycles. The van der Waals surface area contributed by atoms with Gasteiger partial charge in [-0.3, -0.25) is 4.90 Å². The summed E-state index contributed by atoms with van der Waals surface area (Å²) in [5.41, 5.74) is 0.888. The average Bonchev–Trinajstić information content (AvgIpc) is 2.53. The van der Waals surface area contributed by atoms with E-state index >= 15 is 0 Å². The molecular formula is C15H23NO3S2. The topological polar surface area (TPSA) is 57.6 Å². The maximum Gasteiger partial charge on any atom is 0.166 e. The van der Waals surface area contributed by atoms with Crippen LogP contribution in [0.1, 0.15) is 25.0 Å². The lowest BCUT2D eigenvalue weighted by molar-refractivity contribution is 0.140. The highest BCUT2D eigenvalue weighted by Gasteiger charge is 2.32. The lowest BCUT2D eigenvalue weighted by atomic mass is 10.1. The van der Waals surface area contributed by atoms with Gasteiger partial charge in [0.1, 0.15) is 5.37 Å². The highest BCUT2D eigenvalue weighted by molar-refractivity contribution is 8.01. The zero-order chi connectivity index (χ0) is 15.3. The molecule has 0 spiro atoms. The van der Waals surface area contributed by atoms with Crippen LogP contribution in [-0.4, -0.2) is 54.1 Å². The van der Waals surface area contributed by atoms with Crippen molar-refractivity contribution in [3.8, 4) is 0 Å². The molecule has 4 nitrogen and oxygen atoms in total. The van der Waals surface area contributed by atoms with Crippen molar-refractivity contribution in [1.82, 2.24) is 4.90 Å². The van der Waals surface area contributed by atoms with Crippen molar-refractivity contribution in [1.29, 1.82) is 0 Å². The van der Waals surface area contributed by atoms with Gasteiger partial charge in [0.25, 0.3) is 0 Å². The third-order valence-electron chi connectivity index (χ3n) is 3.88. The summed E-state index contributed by atoms with van der Waals surface area (Å²) in [6, 6.07) is 9.52. The first-order chi connectivity index (χ1) is 10.0. The molecule has 1 aromatic carbocycles. The van der Waals surface area contributed by atoms with Crippen molar-refractivity contribution in [3.63, 3.8) is 0 Å². The van der Waals surface area contributed by atoms with E-state index in [2.05, 4.69) is 0 Å². The lowest BCUT2D eigenvalue weighted by Crippen LogP contribution is -2.48. The minimum absolute atomic E-state index is 0.177. The maximum atomic E-state index is 12.2. The van der Waals surface area contributed by atoms with Crippen LogP contribution in [0.15, 0.2) is 30.3 Å². The number of hydrogen-bond acceptors (Lipinski definition) is 5. The van der Waals surface area contributed by atoms with Crippen LogP contribution < -0.4 is 0 Å². The summed E-state index contributed by atoms with van der Waals surface area (Å²) in [5.74, 6) is 1.77. The molecule has 1 fully saturated rings. The number of benzene rings is 1. The Morgan fingerprint density at radius 1 is 1.38 bits per heavy atom. The second kappa shape index (κ2) is 7.63. The first-order valence-electron chi connectivity index (χ1n) is 7.31. The number of sulfone groups is 1. The Balaban J connectivity index is 1.97. The molecule has 6 heteroatoms. The standard InChI is InChI=1S/C15H23NO3S2/c1-2-21(18,19)15-12-20-11-10-16(15)9-8-14(17)13-6-4-3-5-7-13/h3-7,14-15,17H,2,8-12H2,1H3. The summed E-state index contributed by atoms with van der Waals surface area (Å²) in [6.07, 6.45) is 0.0236. The van der Waals surface area contributed by atoms with Crippen LogP contribution in [0.25, 0.3) is 0 Å². The van der Waals surface area contributed by atoms with Crippen LogP contribution in [-0.2, 0) is 9.84 Å². The monoisotopic (exact) mass is 329 g/mol. The fourth-order valence-electron chi connectivity index (χ4n) is 2.52. The van der Waals surface area contributed by atoms with Gasteiger partial charge in [0.05, 0.1) is 6.10 Å². The molecule has 1 aliphatic heterocycles. The molecule has 2 rings (SSSR count). The molecule has 1 saturated heterocycles. The van der Waals surface area contributed by atoms with Crippen LogP contribution in [0.2, 0.25) is 0 Å². The van der Waals surface area contributed by atoms with Gasteiger partial charge in [-0.1, -0.05) is 37.3 Å². The Morgan fingerprint density at radius 3 is 2.76 bits per heavy atom. The van der Waals surface area contributed by atoms with E-state index in [1.165, 1.54) is 0 Å². The fourth-order valence-corrected chi connectivity index (χ4v) is 5.63. The van der Waals surface area contributed by atoms with Crippen LogP contribution in [0.3, 0.4) is 0 Å². The van der Waals surface area contributed by atoms with E-state index in [0.717, 1.165) is 17.9 Å². The van der Waals surface area contributed by atoms with E-state index in [9.17, 15) is 13.5 Å². The molecule has 118 valence electrons. The van der Waals surface area contributed by atoms with Gasteiger partial charge in [0, 0.05) is 30.3 Å². The normalized spacial score (nSPS) is 22.1. The highest BCUT2D eigenvalue weighted by Crippen LogP contribution is 2.24. The molecule has 21 heavy (non-hydrogen) atoms. The predicted octanol–water partition coefficient (Wildman–Crippen LogP) is 1.92. The zero-order valence-electron chi connectivity index (χ0n) is 12.3. The van der Waals surface area contributed by atoms with Gasteiger partial charge in [-0.2, -0.15) is 11.8 Å². The SMILES string of the molecule is CCS(=O)(=O)C1CSCCN1CCC(O)c1ccccc1. The van der Waals surface area contributed by atoms with E-state index in [1.54, 1.807) is 18.7 Å². The van der Waals surface area contributed by atoms with Crippen molar-refractivity contribution in [2.75, 3.05) is 30.3 Å². The van der Waals surface area contributed by atoms with Crippen LogP contribution in [0.5, 0.6) is 0 Å². The first-order valence-corrected chi connectivity index (χ1v) is 10.2. The summed E-state index contributed by atoms with van der Waals surface area (Å²) in [4.78, 5) is 2.02. The maximum absolute atomic E-state index is 12.2. The molecule has 0 radical (unpaired) electrons. The van der Waals surface area contributed by atoms with Gasteiger partial charge in [0.15, 0.2) is 9.84 Å². The van der Waals surface area contributed by atoms with Crippen molar-refractivity contribution < 1.29 is 13.5 Å². The zero-order valence-corrected chi connectivity index (χ0v) is 13.9. The molecule has 0 saturated carbocycles. The number of hydrogen-bond donors (Lipinski definition) is 1. The minimum Gasteiger partial charge on any atom is -0.388 e. The summed E-state index contributed by atoms with van der Waals surface area (Å²) >= 11 is 1.70. The van der Waals surface area contributed by atoms with Crippen LogP contribution >= 0.6 is 11.8 Å². The number of nitrogens with zero attached hydrogens (tertiary/aromatic N) is 1. The first kappa shape index (κ1) is 16.8. The van der Waals surface area contributed by atoms with E-state index < -0.39 is 21.3 Å². The number of thioether (sulfide) groups is 1. The van der Waals surface area contributed by atoms with Crippen molar-refractivity contribution in [3.05, 3.63) is 35.9 Å². The second-order valence-corrected chi connectivity index (χ2v) is 8.83. The second-order valence-electron chi connectivity index (χ2n) is 5.23. The smallest absolute Gasteiger partial charge is 0.166 e. The third-order valence-corrected chi connectivity index (χ3v) is 7.21. The summed E-state index contributed by atoms with van der Waals surface area (Å²) < 4.78 is 24.3. The van der Waals surface area contributed by atoms with Gasteiger partial charge in [-0.05, 0) is 12.0 Å². The van der Waals surface area contributed by atoms with Gasteiger partial charge >= 0.3 is 0 Å². The predicted molar refractivity (Wildman–Crippen MR) is 88.2 cm³/mol. The van der Waals surface area contributed by atoms with Gasteiger partial charge in [-0.25, -0.2) is 8.42 Å². The van der Waals surface area contributed by atoms with Crippen molar-refractivity contribution >= 4 is 21.6 Å². The van der Waals surface area contributed by atoms with Crippen LogP contribution in [0, 0.1) is 0 Å². The third kappa shape index (κ3) is 4.45. The molecule has 2 unspecified atom stereocenters. The summed E-state index contributed by atoms with van der Waals surface area (Å²) in [5, 5.41) is 9.82. The number of aliphatic hydroxyl groups excluding tert-OH is 1. The minimum atomic E-state index is -3.06. The Bertz CT molecular complexity index is 533.